The van der Waals surface area contributed by atoms with Crippen molar-refractivity contribution < 1.29 is 0 Å². The lowest BCUT2D eigenvalue weighted by molar-refractivity contribution is 0.483. The lowest BCUT2D eigenvalue weighted by atomic mass is 10.1. The van der Waals surface area contributed by atoms with Crippen LogP contribution in [-0.2, 0) is 19.9 Å². The number of rotatable bonds is 3. The summed E-state index contributed by atoms with van der Waals surface area (Å²) in [5.74, 6) is 1.79. The summed E-state index contributed by atoms with van der Waals surface area (Å²) in [6.07, 6.45) is 3.38. The van der Waals surface area contributed by atoms with Gasteiger partial charge in [0.1, 0.15) is 5.82 Å². The molecule has 1 aliphatic carbocycles. The fraction of sp³-hybridized carbons (Fsp3) is 0.500. The average molecular weight is 312 g/mol. The lowest BCUT2D eigenvalue weighted by Gasteiger charge is -2.44. The maximum atomic E-state index is 11.4. The third-order valence-electron chi connectivity index (χ3n) is 4.85. The second-order valence-electron chi connectivity index (χ2n) is 6.35. The fourth-order valence-corrected chi connectivity index (χ4v) is 3.22. The number of aromatic nitrogens is 4. The Bertz CT molecular complexity index is 795. The minimum atomic E-state index is -0.0919. The minimum absolute atomic E-state index is 0.0919. The normalized spacial score (nSPS) is 17.0. The van der Waals surface area contributed by atoms with E-state index in [1.165, 1.54) is 16.7 Å². The highest BCUT2D eigenvalue weighted by molar-refractivity contribution is 5.49. The van der Waals surface area contributed by atoms with E-state index in [9.17, 15) is 4.79 Å². The lowest BCUT2D eigenvalue weighted by Crippen LogP contribution is -2.59. The molecular weight excluding hydrogens is 292 g/mol. The Morgan fingerprint density at radius 3 is 2.83 bits per heavy atom. The Kier molecular flexibility index (Phi) is 3.28. The second kappa shape index (κ2) is 5.33. The van der Waals surface area contributed by atoms with Crippen LogP contribution >= 0.6 is 0 Å². The quantitative estimate of drug-likeness (QED) is 0.816. The molecule has 2 aromatic rings. The van der Waals surface area contributed by atoms with Crippen molar-refractivity contribution in [3.05, 3.63) is 39.8 Å². The van der Waals surface area contributed by atoms with Gasteiger partial charge >= 0.3 is 0 Å². The van der Waals surface area contributed by atoms with Gasteiger partial charge in [-0.2, -0.15) is 10.2 Å². The molecule has 0 N–H and O–H groups in total. The van der Waals surface area contributed by atoms with Gasteiger partial charge in [-0.05, 0) is 37.0 Å². The molecule has 0 amide bonds. The van der Waals surface area contributed by atoms with Crippen LogP contribution < -0.4 is 15.4 Å². The molecule has 0 bridgehead atoms. The van der Waals surface area contributed by atoms with Crippen molar-refractivity contribution in [2.75, 3.05) is 29.9 Å². The zero-order valence-electron chi connectivity index (χ0n) is 13.4. The van der Waals surface area contributed by atoms with Crippen molar-refractivity contribution in [2.45, 2.75) is 25.3 Å². The first-order chi connectivity index (χ1) is 11.1. The van der Waals surface area contributed by atoms with Gasteiger partial charge in [-0.15, -0.1) is 5.10 Å². The summed E-state index contributed by atoms with van der Waals surface area (Å²) in [6.45, 7) is 1.79. The Balaban J connectivity index is 1.44. The molecule has 23 heavy (non-hydrogen) atoms. The van der Waals surface area contributed by atoms with E-state index in [0.717, 1.165) is 43.3 Å². The number of aryl methyl sites for hydroxylation is 3. The van der Waals surface area contributed by atoms with Gasteiger partial charge in [-0.1, -0.05) is 0 Å². The van der Waals surface area contributed by atoms with Crippen molar-refractivity contribution >= 4 is 11.6 Å². The van der Waals surface area contributed by atoms with Crippen LogP contribution in [0.15, 0.2) is 23.0 Å². The first kappa shape index (κ1) is 14.2. The van der Waals surface area contributed by atoms with Crippen LogP contribution in [0.2, 0.25) is 0 Å². The maximum Gasteiger partial charge on any atom is 0.266 e. The van der Waals surface area contributed by atoms with Crippen LogP contribution in [0.25, 0.3) is 0 Å². The molecule has 0 aromatic carbocycles. The molecule has 0 radical (unpaired) electrons. The molecule has 1 saturated heterocycles. The number of nitrogens with zero attached hydrogens (tertiary/aromatic N) is 6. The molecular formula is C16H20N6O. The van der Waals surface area contributed by atoms with E-state index in [4.69, 9.17) is 0 Å². The molecule has 7 heteroatoms. The van der Waals surface area contributed by atoms with Gasteiger partial charge in [0.05, 0.1) is 11.7 Å². The number of anilines is 2. The highest BCUT2D eigenvalue weighted by Crippen LogP contribution is 2.27. The maximum absolute atomic E-state index is 11.4. The van der Waals surface area contributed by atoms with Crippen LogP contribution in [0.3, 0.4) is 0 Å². The van der Waals surface area contributed by atoms with E-state index < -0.39 is 0 Å². The minimum Gasteiger partial charge on any atom is -0.352 e. The summed E-state index contributed by atoms with van der Waals surface area (Å²) in [4.78, 5) is 15.8. The molecule has 0 unspecified atom stereocenters. The average Bonchev–Trinajstić information content (AvgIpc) is 2.96. The molecule has 2 aliphatic rings. The molecule has 3 heterocycles. The Labute approximate surface area is 134 Å². The van der Waals surface area contributed by atoms with Gasteiger partial charge in [0, 0.05) is 33.3 Å². The van der Waals surface area contributed by atoms with Crippen LogP contribution in [0.1, 0.15) is 17.7 Å². The van der Waals surface area contributed by atoms with Crippen molar-refractivity contribution in [1.82, 2.24) is 20.0 Å². The predicted molar refractivity (Wildman–Crippen MR) is 87.9 cm³/mol. The highest BCUT2D eigenvalue weighted by Gasteiger charge is 2.32. The molecule has 4 rings (SSSR count). The highest BCUT2D eigenvalue weighted by atomic mass is 16.1. The zero-order chi connectivity index (χ0) is 16.0. The summed E-state index contributed by atoms with van der Waals surface area (Å²) in [6, 6.07) is 5.90. The van der Waals surface area contributed by atoms with E-state index in [2.05, 4.69) is 31.2 Å². The van der Waals surface area contributed by atoms with Crippen LogP contribution in [0, 0.1) is 0 Å². The van der Waals surface area contributed by atoms with E-state index in [1.54, 1.807) is 19.2 Å². The Hall–Kier alpha value is -2.44. The van der Waals surface area contributed by atoms with Crippen molar-refractivity contribution in [3.8, 4) is 0 Å². The Morgan fingerprint density at radius 1 is 1.22 bits per heavy atom. The number of likely N-dealkylation sites (N-methyl/N-ethyl adjacent to an activating group) is 1. The third kappa shape index (κ3) is 2.46. The third-order valence-corrected chi connectivity index (χ3v) is 4.85. The smallest absolute Gasteiger partial charge is 0.266 e. The van der Waals surface area contributed by atoms with Crippen LogP contribution in [0.5, 0.6) is 0 Å². The van der Waals surface area contributed by atoms with E-state index in [0.29, 0.717) is 6.04 Å². The monoisotopic (exact) mass is 312 g/mol. The first-order valence-electron chi connectivity index (χ1n) is 7.99. The summed E-state index contributed by atoms with van der Waals surface area (Å²) in [5, 5.41) is 13.0. The van der Waals surface area contributed by atoms with Crippen LogP contribution in [-0.4, -0.2) is 46.2 Å². The molecule has 0 atom stereocenters. The number of hydrogen-bond donors (Lipinski definition) is 0. The number of hydrogen-bond acceptors (Lipinski definition) is 6. The number of fused-ring (bicyclic) bond motifs is 1. The van der Waals surface area contributed by atoms with Gasteiger partial charge in [-0.25, -0.2) is 4.68 Å². The van der Waals surface area contributed by atoms with Gasteiger partial charge in [0.15, 0.2) is 5.82 Å². The van der Waals surface area contributed by atoms with Crippen molar-refractivity contribution in [3.63, 3.8) is 0 Å². The van der Waals surface area contributed by atoms with Crippen LogP contribution in [0.4, 0.5) is 11.6 Å². The van der Waals surface area contributed by atoms with Gasteiger partial charge in [0.2, 0.25) is 0 Å². The molecule has 0 spiro atoms. The molecule has 1 aliphatic heterocycles. The van der Waals surface area contributed by atoms with Gasteiger partial charge < -0.3 is 9.80 Å². The predicted octanol–water partition coefficient (Wildman–Crippen LogP) is 0.384. The molecule has 7 nitrogen and oxygen atoms in total. The summed E-state index contributed by atoms with van der Waals surface area (Å²) >= 11 is 0. The standard InChI is InChI=1S/C16H20N6O/c1-20(14-6-7-16(23)21(2)19-14)12-9-22(10-12)15-8-11-4-3-5-13(11)17-18-15/h6-8,12H,3-5,9-10H2,1-2H3. The fourth-order valence-electron chi connectivity index (χ4n) is 3.22. The molecule has 0 saturated carbocycles. The largest absolute Gasteiger partial charge is 0.352 e. The first-order valence-corrected chi connectivity index (χ1v) is 7.99. The molecule has 1 fully saturated rings. The van der Waals surface area contributed by atoms with Gasteiger partial charge in [-0.3, -0.25) is 4.79 Å². The van der Waals surface area contributed by atoms with E-state index >= 15 is 0 Å². The van der Waals surface area contributed by atoms with Crippen molar-refractivity contribution in [2.24, 2.45) is 7.05 Å². The van der Waals surface area contributed by atoms with Gasteiger partial charge in [0.25, 0.3) is 5.56 Å². The summed E-state index contributed by atoms with van der Waals surface area (Å²) in [7, 11) is 3.69. The SMILES string of the molecule is CN(c1ccc(=O)n(C)n1)C1CN(c2cc3c(nn2)CCC3)C1. The molecule has 120 valence electrons. The zero-order valence-corrected chi connectivity index (χ0v) is 13.4. The molecule has 2 aromatic heterocycles. The van der Waals surface area contributed by atoms with Crippen molar-refractivity contribution in [1.29, 1.82) is 0 Å². The van der Waals surface area contributed by atoms with E-state index in [-0.39, 0.29) is 5.56 Å². The Morgan fingerprint density at radius 2 is 2.04 bits per heavy atom. The second-order valence-corrected chi connectivity index (χ2v) is 6.35. The summed E-state index contributed by atoms with van der Waals surface area (Å²) in [5.41, 5.74) is 2.43. The summed E-state index contributed by atoms with van der Waals surface area (Å²) < 4.78 is 1.37. The van der Waals surface area contributed by atoms with E-state index in [1.807, 2.05) is 7.05 Å². The topological polar surface area (TPSA) is 67.2 Å².